The van der Waals surface area contributed by atoms with E-state index < -0.39 is 0 Å². The molecule has 0 radical (unpaired) electrons. The van der Waals surface area contributed by atoms with Gasteiger partial charge in [-0.25, -0.2) is 0 Å². The van der Waals surface area contributed by atoms with Crippen LogP contribution >= 0.6 is 11.3 Å². The Labute approximate surface area is 103 Å². The summed E-state index contributed by atoms with van der Waals surface area (Å²) in [6, 6.07) is 8.47. The highest BCUT2D eigenvalue weighted by atomic mass is 32.1. The summed E-state index contributed by atoms with van der Waals surface area (Å²) in [5, 5.41) is 1.74. The summed E-state index contributed by atoms with van der Waals surface area (Å²) in [5.41, 5.74) is 0.993. The standard InChI is InChI=1S/C13H10O3S/c1-16-11-4-2-9(3-5-11)12(15)13-10(8-14)6-7-17-13/h2-8H,1H3. The first-order valence-corrected chi connectivity index (χ1v) is 5.85. The van der Waals surface area contributed by atoms with Gasteiger partial charge in [0.2, 0.25) is 5.78 Å². The maximum Gasteiger partial charge on any atom is 0.203 e. The van der Waals surface area contributed by atoms with Crippen molar-refractivity contribution < 1.29 is 14.3 Å². The van der Waals surface area contributed by atoms with Gasteiger partial charge in [0, 0.05) is 11.1 Å². The van der Waals surface area contributed by atoms with E-state index in [1.807, 2.05) is 0 Å². The Bertz CT molecular complexity index is 540. The molecule has 0 aliphatic rings. The van der Waals surface area contributed by atoms with Crippen LogP contribution in [0.5, 0.6) is 5.75 Å². The average molecular weight is 246 g/mol. The van der Waals surface area contributed by atoms with Gasteiger partial charge in [0.05, 0.1) is 12.0 Å². The van der Waals surface area contributed by atoms with Gasteiger partial charge in [-0.2, -0.15) is 0 Å². The summed E-state index contributed by atoms with van der Waals surface area (Å²) < 4.78 is 5.02. The minimum Gasteiger partial charge on any atom is -0.497 e. The first-order valence-electron chi connectivity index (χ1n) is 4.97. The summed E-state index contributed by atoms with van der Waals surface area (Å²) in [5.74, 6) is 0.563. The smallest absolute Gasteiger partial charge is 0.203 e. The Balaban J connectivity index is 2.33. The summed E-state index contributed by atoms with van der Waals surface area (Å²) >= 11 is 1.27. The minimum absolute atomic E-state index is 0.134. The normalized spacial score (nSPS) is 9.94. The zero-order valence-electron chi connectivity index (χ0n) is 9.17. The zero-order chi connectivity index (χ0) is 12.3. The van der Waals surface area contributed by atoms with Crippen LogP contribution in [0.1, 0.15) is 25.6 Å². The van der Waals surface area contributed by atoms with Gasteiger partial charge in [0.15, 0.2) is 6.29 Å². The van der Waals surface area contributed by atoms with Gasteiger partial charge < -0.3 is 4.74 Å². The Morgan fingerprint density at radius 2 is 1.94 bits per heavy atom. The number of carbonyl (C=O) groups is 2. The highest BCUT2D eigenvalue weighted by molar-refractivity contribution is 7.12. The van der Waals surface area contributed by atoms with Crippen molar-refractivity contribution >= 4 is 23.4 Å². The van der Waals surface area contributed by atoms with Crippen LogP contribution in [0.2, 0.25) is 0 Å². The van der Waals surface area contributed by atoms with Gasteiger partial charge in [0.1, 0.15) is 5.75 Å². The molecule has 0 fully saturated rings. The van der Waals surface area contributed by atoms with Crippen LogP contribution in [0.25, 0.3) is 0 Å². The number of ketones is 1. The van der Waals surface area contributed by atoms with Crippen molar-refractivity contribution in [2.24, 2.45) is 0 Å². The molecule has 0 bridgehead atoms. The number of methoxy groups -OCH3 is 1. The molecule has 0 aliphatic carbocycles. The molecule has 0 aliphatic heterocycles. The van der Waals surface area contributed by atoms with Crippen LogP contribution < -0.4 is 4.74 Å². The molecular weight excluding hydrogens is 236 g/mol. The molecule has 0 N–H and O–H groups in total. The molecule has 4 heteroatoms. The molecule has 1 aromatic carbocycles. The third-order valence-corrected chi connectivity index (χ3v) is 3.31. The SMILES string of the molecule is COc1ccc(C(=O)c2sccc2C=O)cc1. The van der Waals surface area contributed by atoms with E-state index in [-0.39, 0.29) is 5.78 Å². The molecule has 17 heavy (non-hydrogen) atoms. The molecule has 0 saturated heterocycles. The number of ether oxygens (including phenoxy) is 1. The van der Waals surface area contributed by atoms with Crippen molar-refractivity contribution in [2.45, 2.75) is 0 Å². The van der Waals surface area contributed by atoms with Gasteiger partial charge in [-0.15, -0.1) is 11.3 Å². The van der Waals surface area contributed by atoms with E-state index in [0.717, 1.165) is 0 Å². The number of hydrogen-bond acceptors (Lipinski definition) is 4. The Morgan fingerprint density at radius 3 is 2.53 bits per heavy atom. The fourth-order valence-electron chi connectivity index (χ4n) is 1.47. The monoisotopic (exact) mass is 246 g/mol. The van der Waals surface area contributed by atoms with E-state index in [9.17, 15) is 9.59 Å². The lowest BCUT2D eigenvalue weighted by Gasteiger charge is -2.02. The first-order chi connectivity index (χ1) is 8.26. The molecular formula is C13H10O3S. The van der Waals surface area contributed by atoms with Crippen molar-refractivity contribution in [1.82, 2.24) is 0 Å². The zero-order valence-corrected chi connectivity index (χ0v) is 9.99. The Hall–Kier alpha value is -1.94. The lowest BCUT2D eigenvalue weighted by molar-refractivity contribution is 0.103. The molecule has 0 atom stereocenters. The number of carbonyl (C=O) groups excluding carboxylic acids is 2. The van der Waals surface area contributed by atoms with E-state index >= 15 is 0 Å². The quantitative estimate of drug-likeness (QED) is 0.615. The fourth-order valence-corrected chi connectivity index (χ4v) is 2.30. The second-order valence-electron chi connectivity index (χ2n) is 3.38. The molecule has 2 aromatic rings. The third kappa shape index (κ3) is 2.26. The third-order valence-electron chi connectivity index (χ3n) is 2.38. The number of hydrogen-bond donors (Lipinski definition) is 0. The van der Waals surface area contributed by atoms with Crippen molar-refractivity contribution in [1.29, 1.82) is 0 Å². The van der Waals surface area contributed by atoms with Crippen LogP contribution in [0, 0.1) is 0 Å². The largest absolute Gasteiger partial charge is 0.497 e. The molecule has 86 valence electrons. The van der Waals surface area contributed by atoms with Crippen molar-refractivity contribution in [3.05, 3.63) is 51.7 Å². The van der Waals surface area contributed by atoms with Crippen LogP contribution in [-0.4, -0.2) is 19.2 Å². The van der Waals surface area contributed by atoms with E-state index in [1.165, 1.54) is 11.3 Å². The first kappa shape index (κ1) is 11.5. The lowest BCUT2D eigenvalue weighted by atomic mass is 10.1. The van der Waals surface area contributed by atoms with Crippen LogP contribution in [0.3, 0.4) is 0 Å². The van der Waals surface area contributed by atoms with Crippen molar-refractivity contribution in [3.8, 4) is 5.75 Å². The van der Waals surface area contributed by atoms with E-state index in [2.05, 4.69) is 0 Å². The predicted octanol–water partition coefficient (Wildman–Crippen LogP) is 2.80. The lowest BCUT2D eigenvalue weighted by Crippen LogP contribution is -2.01. The van der Waals surface area contributed by atoms with Gasteiger partial charge in [0.25, 0.3) is 0 Å². The van der Waals surface area contributed by atoms with Crippen LogP contribution in [0.15, 0.2) is 35.7 Å². The van der Waals surface area contributed by atoms with Crippen molar-refractivity contribution in [3.63, 3.8) is 0 Å². The highest BCUT2D eigenvalue weighted by Gasteiger charge is 2.14. The second-order valence-corrected chi connectivity index (χ2v) is 4.30. The summed E-state index contributed by atoms with van der Waals surface area (Å²) in [6.45, 7) is 0. The topological polar surface area (TPSA) is 43.4 Å². The average Bonchev–Trinajstić information content (AvgIpc) is 2.86. The predicted molar refractivity (Wildman–Crippen MR) is 66.1 cm³/mol. The Kier molecular flexibility index (Phi) is 3.35. The van der Waals surface area contributed by atoms with Gasteiger partial charge in [-0.3, -0.25) is 9.59 Å². The molecule has 0 saturated carbocycles. The molecule has 1 aromatic heterocycles. The van der Waals surface area contributed by atoms with Crippen LogP contribution in [-0.2, 0) is 0 Å². The molecule has 3 nitrogen and oxygen atoms in total. The van der Waals surface area contributed by atoms with E-state index in [4.69, 9.17) is 4.74 Å². The Morgan fingerprint density at radius 1 is 1.24 bits per heavy atom. The molecule has 0 unspecified atom stereocenters. The maximum atomic E-state index is 12.1. The summed E-state index contributed by atoms with van der Waals surface area (Å²) in [4.78, 5) is 23.3. The fraction of sp³-hybridized carbons (Fsp3) is 0.0769. The van der Waals surface area contributed by atoms with Gasteiger partial charge in [-0.05, 0) is 35.7 Å². The molecule has 0 spiro atoms. The molecule has 0 amide bonds. The maximum absolute atomic E-state index is 12.1. The molecule has 2 rings (SSSR count). The van der Waals surface area contributed by atoms with Gasteiger partial charge >= 0.3 is 0 Å². The minimum atomic E-state index is -0.134. The summed E-state index contributed by atoms with van der Waals surface area (Å²) in [7, 11) is 1.57. The number of rotatable bonds is 4. The van der Waals surface area contributed by atoms with E-state index in [1.54, 1.807) is 42.8 Å². The van der Waals surface area contributed by atoms with Crippen LogP contribution in [0.4, 0.5) is 0 Å². The molecule has 1 heterocycles. The highest BCUT2D eigenvalue weighted by Crippen LogP contribution is 2.21. The van der Waals surface area contributed by atoms with E-state index in [0.29, 0.717) is 28.0 Å². The summed E-state index contributed by atoms with van der Waals surface area (Å²) in [6.07, 6.45) is 0.702. The number of aldehydes is 1. The van der Waals surface area contributed by atoms with Crippen molar-refractivity contribution in [2.75, 3.05) is 7.11 Å². The number of benzene rings is 1. The van der Waals surface area contributed by atoms with Gasteiger partial charge in [-0.1, -0.05) is 0 Å². The second kappa shape index (κ2) is 4.93. The number of thiophene rings is 1.